The van der Waals surface area contributed by atoms with E-state index in [0.29, 0.717) is 16.8 Å². The molecule has 0 aliphatic rings. The lowest BCUT2D eigenvalue weighted by Crippen LogP contribution is -2.19. The van der Waals surface area contributed by atoms with Gasteiger partial charge in [-0.1, -0.05) is 12.1 Å². The molecule has 1 heterocycles. The van der Waals surface area contributed by atoms with E-state index in [1.807, 2.05) is 0 Å². The molecule has 0 aliphatic heterocycles. The number of halogens is 4. The van der Waals surface area contributed by atoms with Crippen LogP contribution in [0.1, 0.15) is 11.1 Å². The molecule has 30 heavy (non-hydrogen) atoms. The third-order valence-electron chi connectivity index (χ3n) is 4.27. The van der Waals surface area contributed by atoms with Crippen molar-refractivity contribution in [2.24, 2.45) is 0 Å². The SMILES string of the molecule is COc1cn(Cc2ccc(F)c(F)c2)c(Nc2cccc(OC(F)F)c2C)nc1=O. The van der Waals surface area contributed by atoms with Crippen LogP contribution in [-0.2, 0) is 6.54 Å². The highest BCUT2D eigenvalue weighted by Gasteiger charge is 2.14. The summed E-state index contributed by atoms with van der Waals surface area (Å²) in [6.07, 6.45) is 1.35. The Morgan fingerprint density at radius 2 is 1.90 bits per heavy atom. The average Bonchev–Trinajstić information content (AvgIpc) is 2.69. The maximum absolute atomic E-state index is 13.6. The van der Waals surface area contributed by atoms with Gasteiger partial charge in [-0.15, -0.1) is 0 Å². The number of anilines is 2. The molecule has 3 aromatic rings. The molecule has 3 rings (SSSR count). The fourth-order valence-electron chi connectivity index (χ4n) is 2.76. The molecule has 10 heteroatoms. The van der Waals surface area contributed by atoms with E-state index in [1.54, 1.807) is 13.0 Å². The molecule has 0 saturated heterocycles. The molecule has 0 radical (unpaired) electrons. The van der Waals surface area contributed by atoms with Gasteiger partial charge >= 0.3 is 12.2 Å². The summed E-state index contributed by atoms with van der Waals surface area (Å²) in [7, 11) is 1.29. The minimum atomic E-state index is -3.00. The lowest BCUT2D eigenvalue weighted by atomic mass is 10.2. The third-order valence-corrected chi connectivity index (χ3v) is 4.27. The van der Waals surface area contributed by atoms with E-state index in [9.17, 15) is 22.4 Å². The van der Waals surface area contributed by atoms with E-state index < -0.39 is 23.8 Å². The van der Waals surface area contributed by atoms with E-state index in [1.165, 1.54) is 36.1 Å². The molecule has 1 N–H and O–H groups in total. The molecule has 0 spiro atoms. The van der Waals surface area contributed by atoms with E-state index in [2.05, 4.69) is 15.0 Å². The van der Waals surface area contributed by atoms with Crippen LogP contribution in [0.15, 0.2) is 47.4 Å². The van der Waals surface area contributed by atoms with Crippen LogP contribution >= 0.6 is 0 Å². The number of nitrogens with one attached hydrogen (secondary N) is 1. The Kier molecular flexibility index (Phi) is 6.24. The number of ether oxygens (including phenoxy) is 2. The average molecular weight is 423 g/mol. The van der Waals surface area contributed by atoms with Crippen LogP contribution < -0.4 is 20.3 Å². The standard InChI is InChI=1S/C20H17F4N3O3/c1-11-15(4-3-5-16(11)30-19(23)24)25-20-26-18(28)17(29-2)10-27(20)9-12-6-7-13(21)14(22)8-12/h3-8,10,19H,9H2,1-2H3,(H,25,26,28). The number of hydrogen-bond acceptors (Lipinski definition) is 5. The highest BCUT2D eigenvalue weighted by Crippen LogP contribution is 2.29. The van der Waals surface area contributed by atoms with Crippen molar-refractivity contribution in [3.05, 3.63) is 75.7 Å². The van der Waals surface area contributed by atoms with Gasteiger partial charge in [0.25, 0.3) is 0 Å². The molecule has 0 saturated carbocycles. The van der Waals surface area contributed by atoms with E-state index in [0.717, 1.165) is 12.1 Å². The molecule has 0 aliphatic carbocycles. The van der Waals surface area contributed by atoms with E-state index in [4.69, 9.17) is 4.74 Å². The summed E-state index contributed by atoms with van der Waals surface area (Å²) in [5.74, 6) is -2.06. The van der Waals surface area contributed by atoms with Gasteiger partial charge < -0.3 is 19.4 Å². The maximum atomic E-state index is 13.6. The Hall–Kier alpha value is -3.56. The van der Waals surface area contributed by atoms with Gasteiger partial charge in [0.05, 0.1) is 19.9 Å². The molecule has 1 aromatic heterocycles. The number of alkyl halides is 2. The zero-order valence-electron chi connectivity index (χ0n) is 16.0. The van der Waals surface area contributed by atoms with Crippen LogP contribution in [0, 0.1) is 18.6 Å². The fraction of sp³-hybridized carbons (Fsp3) is 0.200. The number of rotatable bonds is 7. The first-order chi connectivity index (χ1) is 14.3. The maximum Gasteiger partial charge on any atom is 0.387 e. The second-order valence-electron chi connectivity index (χ2n) is 6.25. The van der Waals surface area contributed by atoms with Crippen LogP contribution in [0.25, 0.3) is 0 Å². The second kappa shape index (κ2) is 8.85. The van der Waals surface area contributed by atoms with Crippen molar-refractivity contribution in [2.45, 2.75) is 20.1 Å². The number of hydrogen-bond donors (Lipinski definition) is 1. The zero-order chi connectivity index (χ0) is 21.8. The van der Waals surface area contributed by atoms with Crippen molar-refractivity contribution >= 4 is 11.6 Å². The highest BCUT2D eigenvalue weighted by molar-refractivity contribution is 5.62. The Balaban J connectivity index is 2.01. The van der Waals surface area contributed by atoms with Gasteiger partial charge in [-0.3, -0.25) is 4.79 Å². The predicted octanol–water partition coefficient (Wildman–Crippen LogP) is 4.23. The minimum Gasteiger partial charge on any atom is -0.490 e. The quantitative estimate of drug-likeness (QED) is 0.576. The van der Waals surface area contributed by atoms with Crippen LogP contribution in [0.5, 0.6) is 11.5 Å². The van der Waals surface area contributed by atoms with E-state index >= 15 is 0 Å². The van der Waals surface area contributed by atoms with Crippen LogP contribution in [0.4, 0.5) is 29.2 Å². The molecule has 158 valence electrons. The Labute approximate surface area is 168 Å². The molecular formula is C20H17F4N3O3. The van der Waals surface area contributed by atoms with Gasteiger partial charge in [-0.25, -0.2) is 8.78 Å². The summed E-state index contributed by atoms with van der Waals surface area (Å²) in [4.78, 5) is 16.1. The Bertz CT molecular complexity index is 1120. The molecule has 0 bridgehead atoms. The zero-order valence-corrected chi connectivity index (χ0v) is 16.0. The normalized spacial score (nSPS) is 10.9. The molecule has 0 fully saturated rings. The van der Waals surface area contributed by atoms with Crippen LogP contribution in [-0.4, -0.2) is 23.3 Å². The Morgan fingerprint density at radius 1 is 1.13 bits per heavy atom. The van der Waals surface area contributed by atoms with Gasteiger partial charge in [0, 0.05) is 11.3 Å². The topological polar surface area (TPSA) is 65.4 Å². The summed E-state index contributed by atoms with van der Waals surface area (Å²) >= 11 is 0. The van der Waals surface area contributed by atoms with Gasteiger partial charge in [-0.2, -0.15) is 13.8 Å². The van der Waals surface area contributed by atoms with Crippen molar-refractivity contribution in [3.8, 4) is 11.5 Å². The second-order valence-corrected chi connectivity index (χ2v) is 6.25. The monoisotopic (exact) mass is 423 g/mol. The van der Waals surface area contributed by atoms with Gasteiger partial charge in [-0.05, 0) is 36.8 Å². The van der Waals surface area contributed by atoms with Crippen molar-refractivity contribution in [2.75, 3.05) is 12.4 Å². The summed E-state index contributed by atoms with van der Waals surface area (Å²) in [6, 6.07) is 7.85. The first-order valence-electron chi connectivity index (χ1n) is 8.69. The smallest absolute Gasteiger partial charge is 0.387 e. The molecule has 2 aromatic carbocycles. The lowest BCUT2D eigenvalue weighted by Gasteiger charge is -2.17. The largest absolute Gasteiger partial charge is 0.490 e. The number of aromatic nitrogens is 2. The summed E-state index contributed by atoms with van der Waals surface area (Å²) < 4.78 is 62.9. The van der Waals surface area contributed by atoms with Crippen LogP contribution in [0.2, 0.25) is 0 Å². The Morgan fingerprint density at radius 3 is 2.57 bits per heavy atom. The molecule has 0 amide bonds. The third kappa shape index (κ3) is 4.70. The highest BCUT2D eigenvalue weighted by atomic mass is 19.3. The number of benzene rings is 2. The van der Waals surface area contributed by atoms with Crippen molar-refractivity contribution in [1.82, 2.24) is 9.55 Å². The van der Waals surface area contributed by atoms with Gasteiger partial charge in [0.1, 0.15) is 5.75 Å². The van der Waals surface area contributed by atoms with Gasteiger partial charge in [0.2, 0.25) is 11.7 Å². The number of methoxy groups -OCH3 is 1. The minimum absolute atomic E-state index is 0.0233. The molecular weight excluding hydrogens is 406 g/mol. The summed E-state index contributed by atoms with van der Waals surface area (Å²) in [5.41, 5.74) is 0.460. The molecule has 0 unspecified atom stereocenters. The van der Waals surface area contributed by atoms with Crippen molar-refractivity contribution < 1.29 is 27.0 Å². The molecule has 6 nitrogen and oxygen atoms in total. The number of nitrogens with zero attached hydrogens (tertiary/aromatic N) is 2. The van der Waals surface area contributed by atoms with Crippen molar-refractivity contribution in [1.29, 1.82) is 0 Å². The summed E-state index contributed by atoms with van der Waals surface area (Å²) in [5, 5.41) is 2.90. The van der Waals surface area contributed by atoms with E-state index in [-0.39, 0.29) is 24.0 Å². The summed E-state index contributed by atoms with van der Waals surface area (Å²) in [6.45, 7) is -1.42. The van der Waals surface area contributed by atoms with Crippen molar-refractivity contribution in [3.63, 3.8) is 0 Å². The van der Waals surface area contributed by atoms with Crippen LogP contribution in [0.3, 0.4) is 0 Å². The van der Waals surface area contributed by atoms with Gasteiger partial charge in [0.15, 0.2) is 11.6 Å². The lowest BCUT2D eigenvalue weighted by molar-refractivity contribution is -0.0502. The first-order valence-corrected chi connectivity index (χ1v) is 8.69. The molecule has 0 atom stereocenters. The fourth-order valence-corrected chi connectivity index (χ4v) is 2.76. The predicted molar refractivity (Wildman–Crippen MR) is 102 cm³/mol. The first kappa shape index (κ1) is 21.2.